The minimum absolute atomic E-state index is 0.0920. The summed E-state index contributed by atoms with van der Waals surface area (Å²) in [7, 11) is 1.61. The molecule has 2 N–H and O–H groups in total. The van der Waals surface area contributed by atoms with E-state index in [2.05, 4.69) is 21.0 Å². The van der Waals surface area contributed by atoms with Crippen LogP contribution in [0.4, 0.5) is 0 Å². The molecular weight excluding hydrogens is 398 g/mol. The molecule has 0 aliphatic heterocycles. The number of para-hydroxylation sites is 1. The summed E-state index contributed by atoms with van der Waals surface area (Å²) in [6.07, 6.45) is 0. The number of thiophene rings is 1. The maximum atomic E-state index is 12.0. The molecule has 2 heterocycles. The molecule has 0 aliphatic rings. The first-order chi connectivity index (χ1) is 13.6. The highest BCUT2D eigenvalue weighted by Crippen LogP contribution is 2.30. The highest BCUT2D eigenvalue weighted by molar-refractivity contribution is 7.99. The minimum Gasteiger partial charge on any atom is -0.496 e. The van der Waals surface area contributed by atoms with Crippen molar-refractivity contribution in [2.24, 2.45) is 0 Å². The van der Waals surface area contributed by atoms with Gasteiger partial charge in [0.25, 0.3) is 5.91 Å². The van der Waals surface area contributed by atoms with Gasteiger partial charge in [-0.25, -0.2) is 0 Å². The number of rotatable bonds is 7. The Bertz CT molecular complexity index is 956. The van der Waals surface area contributed by atoms with Crippen molar-refractivity contribution in [3.05, 3.63) is 46.7 Å². The predicted octanol–water partition coefficient (Wildman–Crippen LogP) is 2.59. The fourth-order valence-electron chi connectivity index (χ4n) is 2.47. The second-order valence-corrected chi connectivity index (χ2v) is 7.41. The Morgan fingerprint density at radius 3 is 2.71 bits per heavy atom. The van der Waals surface area contributed by atoms with Crippen molar-refractivity contribution >= 4 is 34.9 Å². The third kappa shape index (κ3) is 4.52. The van der Waals surface area contributed by atoms with Gasteiger partial charge in [0.15, 0.2) is 11.0 Å². The minimum atomic E-state index is -0.344. The normalized spacial score (nSPS) is 10.5. The molecule has 1 aromatic carbocycles. The number of hydrogen-bond donors (Lipinski definition) is 2. The number of methoxy groups -OCH3 is 1. The van der Waals surface area contributed by atoms with Crippen molar-refractivity contribution in [2.45, 2.75) is 18.6 Å². The van der Waals surface area contributed by atoms with E-state index in [-0.39, 0.29) is 17.6 Å². The van der Waals surface area contributed by atoms with Crippen LogP contribution in [0.2, 0.25) is 0 Å². The Morgan fingerprint density at radius 2 is 2.00 bits per heavy atom. The van der Waals surface area contributed by atoms with E-state index in [4.69, 9.17) is 4.74 Å². The van der Waals surface area contributed by atoms with Crippen LogP contribution in [0.25, 0.3) is 11.4 Å². The van der Waals surface area contributed by atoms with Gasteiger partial charge in [-0.1, -0.05) is 30.0 Å². The Morgan fingerprint density at radius 1 is 1.18 bits per heavy atom. The highest BCUT2D eigenvalue weighted by atomic mass is 32.2. The zero-order valence-electron chi connectivity index (χ0n) is 15.3. The number of nitrogens with zero attached hydrogens (tertiary/aromatic N) is 3. The van der Waals surface area contributed by atoms with Crippen LogP contribution < -0.4 is 15.6 Å². The van der Waals surface area contributed by atoms with Gasteiger partial charge < -0.3 is 9.30 Å². The van der Waals surface area contributed by atoms with Crippen LogP contribution >= 0.6 is 23.1 Å². The Labute approximate surface area is 170 Å². The number of hydrazine groups is 1. The van der Waals surface area contributed by atoms with Crippen molar-refractivity contribution in [1.29, 1.82) is 0 Å². The molecule has 0 aliphatic carbocycles. The molecule has 0 atom stereocenters. The maximum Gasteiger partial charge on any atom is 0.279 e. The average molecular weight is 418 g/mol. The molecule has 2 aromatic heterocycles. The lowest BCUT2D eigenvalue weighted by molar-refractivity contribution is -0.119. The Hall–Kier alpha value is -2.85. The van der Waals surface area contributed by atoms with Gasteiger partial charge >= 0.3 is 0 Å². The van der Waals surface area contributed by atoms with E-state index in [0.717, 1.165) is 5.56 Å². The van der Waals surface area contributed by atoms with E-state index in [9.17, 15) is 9.59 Å². The molecule has 0 saturated heterocycles. The van der Waals surface area contributed by atoms with Crippen LogP contribution in [0.3, 0.4) is 0 Å². The third-order valence-electron chi connectivity index (χ3n) is 3.77. The van der Waals surface area contributed by atoms with E-state index < -0.39 is 0 Å². The van der Waals surface area contributed by atoms with Crippen molar-refractivity contribution in [3.63, 3.8) is 0 Å². The second-order valence-electron chi connectivity index (χ2n) is 5.52. The molecule has 8 nitrogen and oxygen atoms in total. The first-order valence-corrected chi connectivity index (χ1v) is 10.3. The van der Waals surface area contributed by atoms with Crippen molar-refractivity contribution in [2.75, 3.05) is 12.9 Å². The molecule has 0 spiro atoms. The largest absolute Gasteiger partial charge is 0.496 e. The summed E-state index contributed by atoms with van der Waals surface area (Å²) in [5.74, 6) is 0.793. The molecule has 0 fully saturated rings. The number of hydrogen-bond acceptors (Lipinski definition) is 7. The summed E-state index contributed by atoms with van der Waals surface area (Å²) in [5, 5.41) is 10.9. The first-order valence-electron chi connectivity index (χ1n) is 8.46. The standard InChI is InChI=1S/C18H19N5O3S2/c1-3-23-16(12-7-4-5-8-13(12)26-2)20-22-18(23)28-11-15(24)19-21-17(25)14-9-6-10-27-14/h4-10H,3,11H2,1-2H3,(H,19,24)(H,21,25). The summed E-state index contributed by atoms with van der Waals surface area (Å²) in [5.41, 5.74) is 5.63. The number of ether oxygens (including phenoxy) is 1. The number of nitrogens with one attached hydrogen (secondary N) is 2. The van der Waals surface area contributed by atoms with Crippen LogP contribution in [0.15, 0.2) is 46.9 Å². The third-order valence-corrected chi connectivity index (χ3v) is 5.61. The number of carbonyl (C=O) groups excluding carboxylic acids is 2. The van der Waals surface area contributed by atoms with Crippen molar-refractivity contribution in [1.82, 2.24) is 25.6 Å². The van der Waals surface area contributed by atoms with Gasteiger partial charge in [0.1, 0.15) is 5.75 Å². The maximum absolute atomic E-state index is 12.0. The number of carbonyl (C=O) groups is 2. The van der Waals surface area contributed by atoms with Crippen molar-refractivity contribution in [3.8, 4) is 17.1 Å². The van der Waals surface area contributed by atoms with Gasteiger partial charge in [0, 0.05) is 6.54 Å². The van der Waals surface area contributed by atoms with E-state index >= 15 is 0 Å². The monoisotopic (exact) mass is 417 g/mol. The molecule has 0 saturated carbocycles. The number of benzene rings is 1. The van der Waals surface area contributed by atoms with Gasteiger partial charge in [0.05, 0.1) is 23.3 Å². The molecule has 28 heavy (non-hydrogen) atoms. The molecule has 0 radical (unpaired) electrons. The lowest BCUT2D eigenvalue weighted by atomic mass is 10.2. The summed E-state index contributed by atoms with van der Waals surface area (Å²) < 4.78 is 7.32. The smallest absolute Gasteiger partial charge is 0.279 e. The van der Waals surface area contributed by atoms with Gasteiger partial charge in [-0.3, -0.25) is 20.4 Å². The molecule has 146 valence electrons. The number of aromatic nitrogens is 3. The lowest BCUT2D eigenvalue weighted by Gasteiger charge is -2.10. The van der Waals surface area contributed by atoms with Gasteiger partial charge in [-0.15, -0.1) is 21.5 Å². The fourth-order valence-corrected chi connectivity index (χ4v) is 3.89. The summed E-state index contributed by atoms with van der Waals surface area (Å²) >= 11 is 2.55. The predicted molar refractivity (Wildman–Crippen MR) is 108 cm³/mol. The summed E-state index contributed by atoms with van der Waals surface area (Å²) in [4.78, 5) is 24.4. The number of amides is 2. The lowest BCUT2D eigenvalue weighted by Crippen LogP contribution is -2.42. The Balaban J connectivity index is 1.62. The molecule has 0 bridgehead atoms. The molecule has 3 rings (SSSR count). The van der Waals surface area contributed by atoms with Crippen LogP contribution in [-0.4, -0.2) is 39.4 Å². The summed E-state index contributed by atoms with van der Waals surface area (Å²) in [6.45, 7) is 2.62. The summed E-state index contributed by atoms with van der Waals surface area (Å²) in [6, 6.07) is 11.0. The van der Waals surface area contributed by atoms with Crippen LogP contribution in [-0.2, 0) is 11.3 Å². The highest BCUT2D eigenvalue weighted by Gasteiger charge is 2.17. The fraction of sp³-hybridized carbons (Fsp3) is 0.222. The molecule has 2 amide bonds. The number of thioether (sulfide) groups is 1. The Kier molecular flexibility index (Phi) is 6.66. The van der Waals surface area contributed by atoms with Crippen LogP contribution in [0, 0.1) is 0 Å². The first kappa shape index (κ1) is 19.9. The molecule has 0 unspecified atom stereocenters. The quantitative estimate of drug-likeness (QED) is 0.453. The molecular formula is C18H19N5O3S2. The van der Waals surface area contributed by atoms with Crippen molar-refractivity contribution < 1.29 is 14.3 Å². The van der Waals surface area contributed by atoms with Crippen LogP contribution in [0.5, 0.6) is 5.75 Å². The van der Waals surface area contributed by atoms with E-state index in [1.807, 2.05) is 35.8 Å². The van der Waals surface area contributed by atoms with Gasteiger partial charge in [-0.05, 0) is 30.5 Å². The van der Waals surface area contributed by atoms with Gasteiger partial charge in [0.2, 0.25) is 5.91 Å². The van der Waals surface area contributed by atoms with E-state index in [1.54, 1.807) is 24.6 Å². The zero-order valence-corrected chi connectivity index (χ0v) is 17.0. The van der Waals surface area contributed by atoms with E-state index in [0.29, 0.717) is 28.2 Å². The van der Waals surface area contributed by atoms with E-state index in [1.165, 1.54) is 23.1 Å². The molecule has 10 heteroatoms. The van der Waals surface area contributed by atoms with Crippen LogP contribution in [0.1, 0.15) is 16.6 Å². The zero-order chi connectivity index (χ0) is 19.9. The molecule has 3 aromatic rings. The second kappa shape index (κ2) is 9.38. The average Bonchev–Trinajstić information content (AvgIpc) is 3.40. The SMILES string of the molecule is CCn1c(SCC(=O)NNC(=O)c2cccs2)nnc1-c1ccccc1OC. The topological polar surface area (TPSA) is 98.1 Å². The van der Waals surface area contributed by atoms with Gasteiger partial charge in [-0.2, -0.15) is 0 Å².